The highest BCUT2D eigenvalue weighted by Gasteiger charge is 2.13. The lowest BCUT2D eigenvalue weighted by atomic mass is 10.2. The molecular weight excluding hydrogens is 384 g/mol. The number of anilines is 1. The minimum atomic E-state index is -0.309. The summed E-state index contributed by atoms with van der Waals surface area (Å²) in [6, 6.07) is 14.7. The van der Waals surface area contributed by atoms with Crippen molar-refractivity contribution in [3.05, 3.63) is 71.0 Å². The van der Waals surface area contributed by atoms with Gasteiger partial charge in [0.25, 0.3) is 5.91 Å². The van der Waals surface area contributed by atoms with Crippen LogP contribution in [0.25, 0.3) is 10.2 Å². The second-order valence-electron chi connectivity index (χ2n) is 5.91. The highest BCUT2D eigenvalue weighted by molar-refractivity contribution is 7.22. The summed E-state index contributed by atoms with van der Waals surface area (Å²) in [4.78, 5) is 16.8. The van der Waals surface area contributed by atoms with Crippen LogP contribution < -0.4 is 10.1 Å². The molecule has 0 saturated heterocycles. The number of amides is 1. The molecule has 4 rings (SSSR count). The van der Waals surface area contributed by atoms with E-state index in [0.29, 0.717) is 21.6 Å². The lowest BCUT2D eigenvalue weighted by Gasteiger charge is -2.05. The number of nitrogens with zero attached hydrogens (tertiary/aromatic N) is 3. The van der Waals surface area contributed by atoms with Gasteiger partial charge in [-0.3, -0.25) is 10.1 Å². The summed E-state index contributed by atoms with van der Waals surface area (Å²) in [5, 5.41) is 8.23. The first kappa shape index (κ1) is 17.5. The van der Waals surface area contributed by atoms with Crippen molar-refractivity contribution in [2.75, 3.05) is 5.32 Å². The van der Waals surface area contributed by atoms with Crippen molar-refractivity contribution in [3.8, 4) is 5.75 Å². The van der Waals surface area contributed by atoms with Gasteiger partial charge in [0.05, 0.1) is 10.2 Å². The number of carbonyl (C=O) groups excluding carboxylic acids is 1. The smallest absolute Gasteiger partial charge is 0.277 e. The molecule has 0 fully saturated rings. The number of aryl methyl sites for hydroxylation is 1. The third-order valence-electron chi connectivity index (χ3n) is 3.81. The molecule has 27 heavy (non-hydrogen) atoms. The number of aromatic nitrogens is 3. The van der Waals surface area contributed by atoms with Crippen LogP contribution in [0.5, 0.6) is 5.75 Å². The number of hydrogen-bond acceptors (Lipinski definition) is 5. The van der Waals surface area contributed by atoms with Crippen LogP contribution in [0.1, 0.15) is 16.1 Å². The van der Waals surface area contributed by atoms with Crippen LogP contribution in [0.15, 0.2) is 54.7 Å². The molecule has 2 aromatic carbocycles. The topological polar surface area (TPSA) is 69.0 Å². The van der Waals surface area contributed by atoms with Gasteiger partial charge in [0.1, 0.15) is 5.75 Å². The average molecular weight is 399 g/mol. The first-order valence-corrected chi connectivity index (χ1v) is 9.37. The molecule has 136 valence electrons. The predicted octanol–water partition coefficient (Wildman–Crippen LogP) is 4.74. The Hall–Kier alpha value is -2.90. The molecule has 1 N–H and O–H groups in total. The fourth-order valence-corrected chi connectivity index (χ4v) is 3.56. The fraction of sp³-hybridized carbons (Fsp3) is 0.105. The van der Waals surface area contributed by atoms with Crippen LogP contribution in [0.4, 0.5) is 5.13 Å². The van der Waals surface area contributed by atoms with Crippen molar-refractivity contribution < 1.29 is 9.53 Å². The summed E-state index contributed by atoms with van der Waals surface area (Å²) in [6.45, 7) is 2.21. The molecule has 1 amide bonds. The molecule has 0 aliphatic rings. The maximum Gasteiger partial charge on any atom is 0.277 e. The molecule has 2 aromatic heterocycles. The zero-order valence-electron chi connectivity index (χ0n) is 14.3. The zero-order chi connectivity index (χ0) is 18.8. The Labute approximate surface area is 164 Å². The number of benzene rings is 2. The van der Waals surface area contributed by atoms with E-state index in [0.717, 1.165) is 15.8 Å². The van der Waals surface area contributed by atoms with Gasteiger partial charge in [-0.2, -0.15) is 5.10 Å². The van der Waals surface area contributed by atoms with E-state index in [1.54, 1.807) is 41.2 Å². The molecule has 0 bridgehead atoms. The third kappa shape index (κ3) is 4.10. The molecule has 6 nitrogen and oxygen atoms in total. The second kappa shape index (κ2) is 7.38. The van der Waals surface area contributed by atoms with E-state index in [9.17, 15) is 4.79 Å². The molecule has 4 aromatic rings. The first-order valence-electron chi connectivity index (χ1n) is 8.17. The maximum absolute atomic E-state index is 12.4. The molecule has 0 aliphatic heterocycles. The van der Waals surface area contributed by atoms with Crippen LogP contribution in [0.3, 0.4) is 0 Å². The summed E-state index contributed by atoms with van der Waals surface area (Å²) < 4.78 is 8.19. The second-order valence-corrected chi connectivity index (χ2v) is 7.38. The number of carbonyl (C=O) groups is 1. The fourth-order valence-electron chi connectivity index (χ4n) is 2.47. The van der Waals surface area contributed by atoms with E-state index in [4.69, 9.17) is 16.3 Å². The lowest BCUT2D eigenvalue weighted by Crippen LogP contribution is -2.14. The van der Waals surface area contributed by atoms with Crippen molar-refractivity contribution in [1.29, 1.82) is 0 Å². The van der Waals surface area contributed by atoms with Crippen molar-refractivity contribution in [3.63, 3.8) is 0 Å². The molecule has 0 aliphatic carbocycles. The molecule has 0 spiro atoms. The minimum absolute atomic E-state index is 0.190. The Morgan fingerprint density at radius 3 is 2.85 bits per heavy atom. The van der Waals surface area contributed by atoms with E-state index < -0.39 is 0 Å². The Morgan fingerprint density at radius 2 is 2.04 bits per heavy atom. The van der Waals surface area contributed by atoms with Gasteiger partial charge in [-0.25, -0.2) is 9.67 Å². The number of halogens is 1. The van der Waals surface area contributed by atoms with Gasteiger partial charge < -0.3 is 4.74 Å². The number of hydrogen-bond donors (Lipinski definition) is 1. The SMILES string of the molecule is Cc1ccc2nc(NC(=O)c3ccn(COc4ccc(Cl)cc4)n3)sc2c1. The number of ether oxygens (including phenoxy) is 1. The van der Waals surface area contributed by atoms with E-state index in [1.807, 2.05) is 25.1 Å². The number of nitrogens with one attached hydrogen (secondary N) is 1. The predicted molar refractivity (Wildman–Crippen MR) is 107 cm³/mol. The highest BCUT2D eigenvalue weighted by Crippen LogP contribution is 2.26. The molecule has 0 radical (unpaired) electrons. The molecule has 2 heterocycles. The quantitative estimate of drug-likeness (QED) is 0.527. The van der Waals surface area contributed by atoms with Gasteiger partial charge >= 0.3 is 0 Å². The molecular formula is C19H15ClN4O2S. The van der Waals surface area contributed by atoms with Crippen LogP contribution in [0, 0.1) is 6.92 Å². The van der Waals surface area contributed by atoms with E-state index in [1.165, 1.54) is 11.3 Å². The minimum Gasteiger partial charge on any atom is -0.471 e. The van der Waals surface area contributed by atoms with E-state index >= 15 is 0 Å². The summed E-state index contributed by atoms with van der Waals surface area (Å²) in [5.74, 6) is 0.363. The van der Waals surface area contributed by atoms with E-state index in [-0.39, 0.29) is 12.6 Å². The molecule has 0 unspecified atom stereocenters. The molecule has 0 saturated carbocycles. The Morgan fingerprint density at radius 1 is 1.22 bits per heavy atom. The van der Waals surface area contributed by atoms with Crippen molar-refractivity contribution in [2.24, 2.45) is 0 Å². The summed E-state index contributed by atoms with van der Waals surface area (Å²) in [5.41, 5.74) is 2.32. The van der Waals surface area contributed by atoms with Gasteiger partial charge in [0, 0.05) is 11.2 Å². The Bertz CT molecular complexity index is 1100. The largest absolute Gasteiger partial charge is 0.471 e. The first-order chi connectivity index (χ1) is 13.1. The zero-order valence-corrected chi connectivity index (χ0v) is 15.9. The maximum atomic E-state index is 12.4. The van der Waals surface area contributed by atoms with Crippen molar-refractivity contribution in [2.45, 2.75) is 13.7 Å². The highest BCUT2D eigenvalue weighted by atomic mass is 35.5. The Kier molecular flexibility index (Phi) is 4.79. The molecule has 8 heteroatoms. The van der Waals surface area contributed by atoms with Crippen LogP contribution >= 0.6 is 22.9 Å². The summed E-state index contributed by atoms with van der Waals surface area (Å²) in [6.07, 6.45) is 1.69. The van der Waals surface area contributed by atoms with Gasteiger partial charge in [-0.1, -0.05) is 29.0 Å². The number of rotatable bonds is 5. The Balaban J connectivity index is 1.40. The van der Waals surface area contributed by atoms with Crippen LogP contribution in [-0.4, -0.2) is 20.7 Å². The summed E-state index contributed by atoms with van der Waals surface area (Å²) in [7, 11) is 0. The van der Waals surface area contributed by atoms with Gasteiger partial charge in [-0.05, 0) is 55.0 Å². The monoisotopic (exact) mass is 398 g/mol. The average Bonchev–Trinajstić information content (AvgIpc) is 3.27. The van der Waals surface area contributed by atoms with E-state index in [2.05, 4.69) is 15.4 Å². The van der Waals surface area contributed by atoms with Gasteiger partial charge in [-0.15, -0.1) is 0 Å². The number of fused-ring (bicyclic) bond motifs is 1. The van der Waals surface area contributed by atoms with Crippen LogP contribution in [-0.2, 0) is 6.73 Å². The number of thiazole rings is 1. The van der Waals surface area contributed by atoms with Crippen LogP contribution in [0.2, 0.25) is 5.02 Å². The van der Waals surface area contributed by atoms with Gasteiger partial charge in [0.15, 0.2) is 17.6 Å². The van der Waals surface area contributed by atoms with Crippen molar-refractivity contribution >= 4 is 44.2 Å². The third-order valence-corrected chi connectivity index (χ3v) is 5.00. The normalized spacial score (nSPS) is 10.9. The van der Waals surface area contributed by atoms with Gasteiger partial charge in [0.2, 0.25) is 0 Å². The van der Waals surface area contributed by atoms with Crippen molar-refractivity contribution in [1.82, 2.24) is 14.8 Å². The lowest BCUT2D eigenvalue weighted by molar-refractivity contribution is 0.102. The molecule has 0 atom stereocenters. The standard InChI is InChI=1S/C19H15ClN4O2S/c1-12-2-7-15-17(10-12)27-19(21-15)22-18(25)16-8-9-24(23-16)11-26-14-5-3-13(20)4-6-14/h2-10H,11H2,1H3,(H,21,22,25). The summed E-state index contributed by atoms with van der Waals surface area (Å²) >= 11 is 7.28.